The fourth-order valence-corrected chi connectivity index (χ4v) is 7.02. The van der Waals surface area contributed by atoms with Gasteiger partial charge in [-0.2, -0.15) is 0 Å². The van der Waals surface area contributed by atoms with E-state index in [-0.39, 0.29) is 40.0 Å². The van der Waals surface area contributed by atoms with Crippen molar-refractivity contribution in [2.45, 2.75) is 58.8 Å². The molecule has 136 valence electrons. The van der Waals surface area contributed by atoms with Crippen molar-refractivity contribution in [3.63, 3.8) is 0 Å². The third-order valence-electron chi connectivity index (χ3n) is 8.19. The number of aliphatic hydroxyl groups excluding tert-OH is 1. The molecule has 0 saturated heterocycles. The van der Waals surface area contributed by atoms with E-state index in [0.717, 1.165) is 32.1 Å². The highest BCUT2D eigenvalue weighted by Crippen LogP contribution is 2.65. The van der Waals surface area contributed by atoms with Crippen LogP contribution in [0.3, 0.4) is 0 Å². The third kappa shape index (κ3) is 2.26. The fourth-order valence-electron chi connectivity index (χ4n) is 7.02. The Balaban J connectivity index is 1.71. The van der Waals surface area contributed by atoms with Crippen LogP contribution in [-0.4, -0.2) is 29.1 Å². The average Bonchev–Trinajstić information content (AvgIpc) is 2.91. The number of hydrogen-bond acceptors (Lipinski definition) is 4. The summed E-state index contributed by atoms with van der Waals surface area (Å²) in [5.41, 5.74) is 0.719. The van der Waals surface area contributed by atoms with Crippen LogP contribution < -0.4 is 0 Å². The molecule has 0 amide bonds. The van der Waals surface area contributed by atoms with Crippen LogP contribution in [-0.2, 0) is 14.4 Å². The lowest BCUT2D eigenvalue weighted by Crippen LogP contribution is -2.55. The lowest BCUT2D eigenvalue weighted by molar-refractivity contribution is -0.149. The van der Waals surface area contributed by atoms with Crippen molar-refractivity contribution < 1.29 is 19.5 Å². The highest BCUT2D eigenvalue weighted by molar-refractivity contribution is 5.93. The van der Waals surface area contributed by atoms with Gasteiger partial charge in [0.05, 0.1) is 0 Å². The second-order valence-corrected chi connectivity index (χ2v) is 9.24. The smallest absolute Gasteiger partial charge is 0.161 e. The molecule has 1 N–H and O–H groups in total. The molecule has 6 atom stereocenters. The molecule has 0 heterocycles. The van der Waals surface area contributed by atoms with Crippen LogP contribution in [0.1, 0.15) is 58.8 Å². The first-order valence-corrected chi connectivity index (χ1v) is 9.71. The van der Waals surface area contributed by atoms with Crippen molar-refractivity contribution in [2.24, 2.45) is 34.5 Å². The summed E-state index contributed by atoms with van der Waals surface area (Å²) in [4.78, 5) is 37.4. The topological polar surface area (TPSA) is 71.4 Å². The number of carbonyl (C=O) groups excluding carboxylic acids is 3. The van der Waals surface area contributed by atoms with Crippen LogP contribution in [0.2, 0.25) is 0 Å². The average molecular weight is 344 g/mol. The molecule has 0 bridgehead atoms. The quantitative estimate of drug-likeness (QED) is 0.836. The molecular formula is C21H28O4. The van der Waals surface area contributed by atoms with Crippen LogP contribution in [0.25, 0.3) is 0 Å². The van der Waals surface area contributed by atoms with Crippen molar-refractivity contribution in [2.75, 3.05) is 6.61 Å². The van der Waals surface area contributed by atoms with Crippen molar-refractivity contribution in [3.05, 3.63) is 11.6 Å². The molecule has 4 rings (SSSR count). The third-order valence-corrected chi connectivity index (χ3v) is 8.19. The minimum atomic E-state index is -0.415. The SMILES string of the molecule is C[C@]12CCC(=O)C=C1CCC1C2C(=O)C[C@@]2(C)C1CC[C@@H]2C(=O)CO. The summed E-state index contributed by atoms with van der Waals surface area (Å²) >= 11 is 0. The van der Waals surface area contributed by atoms with E-state index in [0.29, 0.717) is 24.7 Å². The van der Waals surface area contributed by atoms with Gasteiger partial charge in [-0.05, 0) is 60.8 Å². The van der Waals surface area contributed by atoms with Gasteiger partial charge in [0.1, 0.15) is 12.4 Å². The maximum atomic E-state index is 13.3. The van der Waals surface area contributed by atoms with Crippen LogP contribution >= 0.6 is 0 Å². The molecule has 0 radical (unpaired) electrons. The maximum absolute atomic E-state index is 13.3. The van der Waals surface area contributed by atoms with Gasteiger partial charge in [0.15, 0.2) is 11.6 Å². The monoisotopic (exact) mass is 344 g/mol. The Kier molecular flexibility index (Phi) is 3.84. The molecular weight excluding hydrogens is 316 g/mol. The highest BCUT2D eigenvalue weighted by atomic mass is 16.3. The predicted octanol–water partition coefficient (Wildman–Crippen LogP) is 2.87. The van der Waals surface area contributed by atoms with Crippen molar-refractivity contribution in [3.8, 4) is 0 Å². The molecule has 0 aliphatic heterocycles. The molecule has 0 aromatic heterocycles. The minimum Gasteiger partial charge on any atom is -0.389 e. The Hall–Kier alpha value is -1.29. The van der Waals surface area contributed by atoms with E-state index in [2.05, 4.69) is 13.8 Å². The molecule has 25 heavy (non-hydrogen) atoms. The summed E-state index contributed by atoms with van der Waals surface area (Å²) in [6.45, 7) is 3.88. The van der Waals surface area contributed by atoms with E-state index in [1.54, 1.807) is 0 Å². The molecule has 0 aromatic rings. The van der Waals surface area contributed by atoms with Gasteiger partial charge in [-0.15, -0.1) is 0 Å². The number of carbonyl (C=O) groups is 3. The Bertz CT molecular complexity index is 677. The van der Waals surface area contributed by atoms with Crippen molar-refractivity contribution in [1.82, 2.24) is 0 Å². The fraction of sp³-hybridized carbons (Fsp3) is 0.762. The number of ketones is 3. The molecule has 4 aliphatic rings. The van der Waals surface area contributed by atoms with Crippen LogP contribution in [0.5, 0.6) is 0 Å². The molecule has 0 aromatic carbocycles. The second-order valence-electron chi connectivity index (χ2n) is 9.24. The largest absolute Gasteiger partial charge is 0.389 e. The van der Waals surface area contributed by atoms with E-state index in [4.69, 9.17) is 0 Å². The Morgan fingerprint density at radius 1 is 1.20 bits per heavy atom. The normalized spacial score (nSPS) is 46.1. The van der Waals surface area contributed by atoms with Gasteiger partial charge in [0, 0.05) is 24.7 Å². The van der Waals surface area contributed by atoms with Crippen molar-refractivity contribution >= 4 is 17.3 Å². The lowest BCUT2D eigenvalue weighted by Gasteiger charge is -2.56. The standard InChI is InChI=1S/C21H28O4/c1-20-8-7-13(23)9-12(20)3-4-14-15-5-6-16(18(25)11-22)21(15,2)10-17(24)19(14)20/h9,14-16,19,22H,3-8,10-11H2,1-2H3/t14?,15?,16-,19?,20+,21+/m1/s1. The van der Waals surface area contributed by atoms with Gasteiger partial charge in [-0.25, -0.2) is 0 Å². The summed E-state index contributed by atoms with van der Waals surface area (Å²) in [6.07, 6.45) is 7.23. The van der Waals surface area contributed by atoms with Gasteiger partial charge in [0.25, 0.3) is 0 Å². The van der Waals surface area contributed by atoms with Crippen LogP contribution in [0, 0.1) is 34.5 Å². The molecule has 3 fully saturated rings. The predicted molar refractivity (Wildman–Crippen MR) is 92.7 cm³/mol. The van der Waals surface area contributed by atoms with Gasteiger partial charge in [0.2, 0.25) is 0 Å². The number of hydrogen-bond donors (Lipinski definition) is 1. The highest BCUT2D eigenvalue weighted by Gasteiger charge is 2.62. The van der Waals surface area contributed by atoms with E-state index < -0.39 is 6.61 Å². The molecule has 4 nitrogen and oxygen atoms in total. The summed E-state index contributed by atoms with van der Waals surface area (Å²) in [7, 11) is 0. The summed E-state index contributed by atoms with van der Waals surface area (Å²) < 4.78 is 0. The van der Waals surface area contributed by atoms with Crippen LogP contribution in [0.15, 0.2) is 11.6 Å². The van der Waals surface area contributed by atoms with E-state index in [1.807, 2.05) is 6.08 Å². The number of Topliss-reactive ketones (excluding diaryl/α,β-unsaturated/α-hetero) is 2. The summed E-state index contributed by atoms with van der Waals surface area (Å²) in [5.74, 6) is 0.913. The maximum Gasteiger partial charge on any atom is 0.161 e. The molecule has 4 aliphatic carbocycles. The van der Waals surface area contributed by atoms with E-state index in [1.165, 1.54) is 5.57 Å². The van der Waals surface area contributed by atoms with Gasteiger partial charge >= 0.3 is 0 Å². The molecule has 3 saturated carbocycles. The van der Waals surface area contributed by atoms with E-state index >= 15 is 0 Å². The molecule has 0 spiro atoms. The van der Waals surface area contributed by atoms with Crippen molar-refractivity contribution in [1.29, 1.82) is 0 Å². The Morgan fingerprint density at radius 2 is 1.96 bits per heavy atom. The Labute approximate surface area is 149 Å². The first-order chi connectivity index (χ1) is 11.8. The zero-order valence-corrected chi connectivity index (χ0v) is 15.2. The second kappa shape index (κ2) is 5.60. The lowest BCUT2D eigenvalue weighted by atomic mass is 9.46. The first kappa shape index (κ1) is 17.1. The summed E-state index contributed by atoms with van der Waals surface area (Å²) in [6, 6.07) is 0. The van der Waals surface area contributed by atoms with Gasteiger partial charge < -0.3 is 5.11 Å². The van der Waals surface area contributed by atoms with Gasteiger partial charge in [-0.3, -0.25) is 14.4 Å². The number of aliphatic hydroxyl groups is 1. The number of rotatable bonds is 2. The van der Waals surface area contributed by atoms with Gasteiger partial charge in [-0.1, -0.05) is 19.4 Å². The van der Waals surface area contributed by atoms with E-state index in [9.17, 15) is 19.5 Å². The zero-order chi connectivity index (χ0) is 18.0. The Morgan fingerprint density at radius 3 is 2.68 bits per heavy atom. The molecule has 3 unspecified atom stereocenters. The minimum absolute atomic E-state index is 0.00153. The summed E-state index contributed by atoms with van der Waals surface area (Å²) in [5, 5.41) is 9.34. The number of allylic oxidation sites excluding steroid dienone is 1. The number of fused-ring (bicyclic) bond motifs is 5. The first-order valence-electron chi connectivity index (χ1n) is 9.71. The van der Waals surface area contributed by atoms with Crippen LogP contribution in [0.4, 0.5) is 0 Å². The zero-order valence-electron chi connectivity index (χ0n) is 15.2. The molecule has 4 heteroatoms.